The first kappa shape index (κ1) is 13.9. The van der Waals surface area contributed by atoms with Gasteiger partial charge in [0.2, 0.25) is 0 Å². The van der Waals surface area contributed by atoms with Crippen molar-refractivity contribution in [1.29, 1.82) is 0 Å². The third-order valence-electron chi connectivity index (χ3n) is 3.45. The highest BCUT2D eigenvalue weighted by atomic mass is 32.2. The first-order chi connectivity index (χ1) is 10.0. The number of imide groups is 1. The maximum Gasteiger partial charge on any atom is 0.290 e. The van der Waals surface area contributed by atoms with Gasteiger partial charge in [0.1, 0.15) is 0 Å². The lowest BCUT2D eigenvalue weighted by atomic mass is 10.0. The average Bonchev–Trinajstić information content (AvgIpc) is 2.73. The number of hydrogen-bond donors (Lipinski definition) is 1. The fraction of sp³-hybridized carbons (Fsp3) is 0.267. The maximum atomic E-state index is 12.1. The molecule has 2 aliphatic rings. The predicted molar refractivity (Wildman–Crippen MR) is 80.6 cm³/mol. The van der Waals surface area contributed by atoms with Crippen molar-refractivity contribution >= 4 is 34.9 Å². The normalized spacial score (nSPS) is 20.6. The molecule has 0 saturated carbocycles. The van der Waals surface area contributed by atoms with Crippen LogP contribution in [-0.4, -0.2) is 35.0 Å². The van der Waals surface area contributed by atoms with E-state index in [0.717, 1.165) is 30.4 Å². The van der Waals surface area contributed by atoms with Gasteiger partial charge in [-0.25, -0.2) is 0 Å². The lowest BCUT2D eigenvalue weighted by Crippen LogP contribution is -2.48. The number of rotatable bonds is 2. The van der Waals surface area contributed by atoms with Gasteiger partial charge >= 0.3 is 0 Å². The second kappa shape index (κ2) is 5.37. The molecule has 0 aliphatic carbocycles. The van der Waals surface area contributed by atoms with Crippen LogP contribution < -0.4 is 5.32 Å². The van der Waals surface area contributed by atoms with E-state index in [1.165, 1.54) is 0 Å². The summed E-state index contributed by atoms with van der Waals surface area (Å²) in [7, 11) is 0. The molecule has 0 aromatic heterocycles. The molecule has 0 radical (unpaired) electrons. The summed E-state index contributed by atoms with van der Waals surface area (Å²) in [5.74, 6) is 0.239. The van der Waals surface area contributed by atoms with Crippen LogP contribution in [0.5, 0.6) is 0 Å². The van der Waals surface area contributed by atoms with Crippen molar-refractivity contribution in [3.63, 3.8) is 0 Å². The molecule has 3 rings (SSSR count). The average molecular weight is 302 g/mol. The molecule has 0 bridgehead atoms. The fourth-order valence-corrected chi connectivity index (χ4v) is 3.02. The van der Waals surface area contributed by atoms with Crippen LogP contribution in [0.4, 0.5) is 4.79 Å². The molecule has 1 aromatic rings. The van der Waals surface area contributed by atoms with Crippen LogP contribution in [0.25, 0.3) is 6.08 Å². The second-order valence-corrected chi connectivity index (χ2v) is 6.30. The number of amides is 3. The van der Waals surface area contributed by atoms with Crippen LogP contribution in [0.2, 0.25) is 0 Å². The molecule has 2 fully saturated rings. The van der Waals surface area contributed by atoms with Gasteiger partial charge in [0.15, 0.2) is 0 Å². The summed E-state index contributed by atoms with van der Waals surface area (Å²) in [5, 5.41) is 1.85. The van der Waals surface area contributed by atoms with E-state index in [1.54, 1.807) is 30.3 Å². The van der Waals surface area contributed by atoms with Crippen molar-refractivity contribution in [2.24, 2.45) is 5.92 Å². The molecule has 0 atom stereocenters. The molecule has 0 unspecified atom stereocenters. The van der Waals surface area contributed by atoms with Crippen LogP contribution in [0.3, 0.4) is 0 Å². The van der Waals surface area contributed by atoms with Crippen LogP contribution >= 0.6 is 11.8 Å². The Morgan fingerprint density at radius 2 is 1.95 bits per heavy atom. The first-order valence-electron chi connectivity index (χ1n) is 6.67. The summed E-state index contributed by atoms with van der Waals surface area (Å²) in [6, 6.07) is 7.05. The summed E-state index contributed by atoms with van der Waals surface area (Å²) in [6.07, 6.45) is 1.64. The fourth-order valence-electron chi connectivity index (χ4n) is 2.34. The molecule has 5 nitrogen and oxygen atoms in total. The molecular weight excluding hydrogens is 288 g/mol. The quantitative estimate of drug-likeness (QED) is 0.850. The zero-order chi connectivity index (χ0) is 15.0. The van der Waals surface area contributed by atoms with E-state index in [0.29, 0.717) is 16.4 Å². The van der Waals surface area contributed by atoms with E-state index in [2.05, 4.69) is 12.2 Å². The van der Waals surface area contributed by atoms with Crippen LogP contribution in [0.15, 0.2) is 29.2 Å². The SMILES string of the molecule is CC1CN(C(=O)c2ccc(/C=C3/SC(=O)NC3=O)cc2)C1. The number of likely N-dealkylation sites (tertiary alicyclic amines) is 1. The van der Waals surface area contributed by atoms with E-state index in [1.807, 2.05) is 4.90 Å². The summed E-state index contributed by atoms with van der Waals surface area (Å²) in [5.41, 5.74) is 1.43. The molecule has 2 heterocycles. The van der Waals surface area contributed by atoms with Gasteiger partial charge in [0, 0.05) is 18.7 Å². The lowest BCUT2D eigenvalue weighted by molar-refractivity contribution is -0.115. The second-order valence-electron chi connectivity index (χ2n) is 5.29. The number of carbonyl (C=O) groups is 3. The standard InChI is InChI=1S/C15H14N2O3S/c1-9-7-17(8-9)14(19)11-4-2-10(3-5-11)6-12-13(18)16-15(20)21-12/h2-6,9H,7-8H2,1H3,(H,16,18,20)/b12-6+. The number of carbonyl (C=O) groups excluding carboxylic acids is 3. The van der Waals surface area contributed by atoms with Crippen molar-refractivity contribution in [3.05, 3.63) is 40.3 Å². The van der Waals surface area contributed by atoms with E-state index >= 15 is 0 Å². The van der Waals surface area contributed by atoms with Crippen LogP contribution in [0, 0.1) is 5.92 Å². The van der Waals surface area contributed by atoms with Crippen molar-refractivity contribution in [1.82, 2.24) is 10.2 Å². The summed E-state index contributed by atoms with van der Waals surface area (Å²) < 4.78 is 0. The Morgan fingerprint density at radius 3 is 2.48 bits per heavy atom. The summed E-state index contributed by atoms with van der Waals surface area (Å²) in [4.78, 5) is 36.8. The Hall–Kier alpha value is -2.08. The van der Waals surface area contributed by atoms with Crippen molar-refractivity contribution in [2.45, 2.75) is 6.92 Å². The highest BCUT2D eigenvalue weighted by molar-refractivity contribution is 8.18. The minimum atomic E-state index is -0.375. The Kier molecular flexibility index (Phi) is 3.55. The van der Waals surface area contributed by atoms with Gasteiger partial charge < -0.3 is 4.90 Å². The summed E-state index contributed by atoms with van der Waals surface area (Å²) in [6.45, 7) is 3.73. The highest BCUT2D eigenvalue weighted by Crippen LogP contribution is 2.26. The Balaban J connectivity index is 1.72. The molecule has 21 heavy (non-hydrogen) atoms. The Labute approximate surface area is 126 Å². The molecular formula is C15H14N2O3S. The predicted octanol–water partition coefficient (Wildman–Crippen LogP) is 2.10. The number of nitrogens with one attached hydrogen (secondary N) is 1. The molecule has 6 heteroatoms. The van der Waals surface area contributed by atoms with Gasteiger partial charge in [-0.15, -0.1) is 0 Å². The minimum absolute atomic E-state index is 0.0375. The number of benzene rings is 1. The van der Waals surface area contributed by atoms with Gasteiger partial charge in [-0.3, -0.25) is 19.7 Å². The van der Waals surface area contributed by atoms with Crippen molar-refractivity contribution in [2.75, 3.05) is 13.1 Å². The van der Waals surface area contributed by atoms with E-state index < -0.39 is 0 Å². The lowest BCUT2D eigenvalue weighted by Gasteiger charge is -2.37. The van der Waals surface area contributed by atoms with Gasteiger partial charge in [-0.05, 0) is 41.5 Å². The molecule has 108 valence electrons. The van der Waals surface area contributed by atoms with E-state index in [4.69, 9.17) is 0 Å². The van der Waals surface area contributed by atoms with Crippen LogP contribution in [0.1, 0.15) is 22.8 Å². The topological polar surface area (TPSA) is 66.5 Å². The van der Waals surface area contributed by atoms with Gasteiger partial charge in [0.25, 0.3) is 17.1 Å². The maximum absolute atomic E-state index is 12.1. The number of thioether (sulfide) groups is 1. The Morgan fingerprint density at radius 1 is 1.29 bits per heavy atom. The number of hydrogen-bond acceptors (Lipinski definition) is 4. The third-order valence-corrected chi connectivity index (χ3v) is 4.26. The van der Waals surface area contributed by atoms with Crippen LogP contribution in [-0.2, 0) is 4.79 Å². The Bertz CT molecular complexity index is 645. The van der Waals surface area contributed by atoms with Gasteiger partial charge in [-0.1, -0.05) is 19.1 Å². The van der Waals surface area contributed by atoms with E-state index in [9.17, 15) is 14.4 Å². The molecule has 1 N–H and O–H groups in total. The van der Waals surface area contributed by atoms with Crippen molar-refractivity contribution in [3.8, 4) is 0 Å². The smallest absolute Gasteiger partial charge is 0.290 e. The molecule has 2 saturated heterocycles. The highest BCUT2D eigenvalue weighted by Gasteiger charge is 2.28. The van der Waals surface area contributed by atoms with E-state index in [-0.39, 0.29) is 17.1 Å². The zero-order valence-electron chi connectivity index (χ0n) is 11.5. The minimum Gasteiger partial charge on any atom is -0.338 e. The monoisotopic (exact) mass is 302 g/mol. The largest absolute Gasteiger partial charge is 0.338 e. The van der Waals surface area contributed by atoms with Gasteiger partial charge in [0.05, 0.1) is 4.91 Å². The zero-order valence-corrected chi connectivity index (χ0v) is 12.3. The van der Waals surface area contributed by atoms with Crippen molar-refractivity contribution < 1.29 is 14.4 Å². The number of nitrogens with zero attached hydrogens (tertiary/aromatic N) is 1. The molecule has 1 aromatic carbocycles. The molecule has 2 aliphatic heterocycles. The first-order valence-corrected chi connectivity index (χ1v) is 7.49. The molecule has 3 amide bonds. The van der Waals surface area contributed by atoms with Gasteiger partial charge in [-0.2, -0.15) is 0 Å². The third kappa shape index (κ3) is 2.85. The summed E-state index contributed by atoms with van der Waals surface area (Å²) >= 11 is 0.883. The molecule has 0 spiro atoms.